The minimum absolute atomic E-state index is 0.224. The van der Waals surface area contributed by atoms with Crippen LogP contribution in [-0.4, -0.2) is 18.3 Å². The third-order valence-electron chi connectivity index (χ3n) is 3.07. The Bertz CT molecular complexity index is 624. The summed E-state index contributed by atoms with van der Waals surface area (Å²) in [5, 5.41) is 6.49. The molecule has 0 unspecified atom stereocenters. The van der Waals surface area contributed by atoms with Crippen LogP contribution in [-0.2, 0) is 24.3 Å². The molecule has 7 heteroatoms. The SMILES string of the molecule is COc1ccccc1CC[n+]1noc(NC(C)=O)c1CN. The predicted octanol–water partition coefficient (Wildman–Crippen LogP) is 0.631. The molecular formula is C14H19N4O3+. The number of nitrogens with zero attached hydrogens (tertiary/aromatic N) is 2. The van der Waals surface area contributed by atoms with Gasteiger partial charge in [-0.2, -0.15) is 0 Å². The van der Waals surface area contributed by atoms with Crippen molar-refractivity contribution in [3.8, 4) is 5.75 Å². The number of benzene rings is 1. The molecule has 0 fully saturated rings. The molecule has 0 bridgehead atoms. The summed E-state index contributed by atoms with van der Waals surface area (Å²) in [7, 11) is 1.64. The summed E-state index contributed by atoms with van der Waals surface area (Å²) in [6.45, 7) is 2.21. The summed E-state index contributed by atoms with van der Waals surface area (Å²) in [5.41, 5.74) is 7.42. The van der Waals surface area contributed by atoms with Crippen LogP contribution in [0.4, 0.5) is 5.88 Å². The predicted molar refractivity (Wildman–Crippen MR) is 75.6 cm³/mol. The van der Waals surface area contributed by atoms with Gasteiger partial charge in [0.15, 0.2) is 6.54 Å². The second-order valence-electron chi connectivity index (χ2n) is 4.52. The van der Waals surface area contributed by atoms with E-state index in [9.17, 15) is 4.79 Å². The van der Waals surface area contributed by atoms with E-state index in [2.05, 4.69) is 10.6 Å². The lowest BCUT2D eigenvalue weighted by Crippen LogP contribution is -2.41. The molecular weight excluding hydrogens is 272 g/mol. The van der Waals surface area contributed by atoms with E-state index in [1.807, 2.05) is 24.3 Å². The zero-order valence-corrected chi connectivity index (χ0v) is 12.1. The van der Waals surface area contributed by atoms with Gasteiger partial charge in [-0.3, -0.25) is 14.6 Å². The third kappa shape index (κ3) is 3.57. The fourth-order valence-corrected chi connectivity index (χ4v) is 2.07. The van der Waals surface area contributed by atoms with Gasteiger partial charge in [-0.15, -0.1) is 0 Å². The Labute approximate surface area is 122 Å². The van der Waals surface area contributed by atoms with Crippen molar-refractivity contribution in [3.05, 3.63) is 35.5 Å². The minimum Gasteiger partial charge on any atom is -0.496 e. The summed E-state index contributed by atoms with van der Waals surface area (Å²) in [4.78, 5) is 11.1. The molecule has 0 aliphatic rings. The smallest absolute Gasteiger partial charge is 0.306 e. The number of ether oxygens (including phenoxy) is 1. The van der Waals surface area contributed by atoms with Gasteiger partial charge in [0.1, 0.15) is 5.75 Å². The number of rotatable bonds is 6. The van der Waals surface area contributed by atoms with Crippen LogP contribution in [0.25, 0.3) is 0 Å². The Morgan fingerprint density at radius 1 is 1.48 bits per heavy atom. The molecule has 7 nitrogen and oxygen atoms in total. The number of para-hydroxylation sites is 1. The molecule has 1 aromatic carbocycles. The van der Waals surface area contributed by atoms with Crippen LogP contribution < -0.4 is 20.5 Å². The molecule has 2 rings (SSSR count). The molecule has 1 aromatic heterocycles. The number of hydrogen-bond acceptors (Lipinski definition) is 5. The maximum atomic E-state index is 11.1. The van der Waals surface area contributed by atoms with Crippen molar-refractivity contribution in [1.82, 2.24) is 5.27 Å². The molecule has 3 N–H and O–H groups in total. The fourth-order valence-electron chi connectivity index (χ4n) is 2.07. The van der Waals surface area contributed by atoms with E-state index in [4.69, 9.17) is 15.0 Å². The Morgan fingerprint density at radius 3 is 2.90 bits per heavy atom. The van der Waals surface area contributed by atoms with Crippen molar-refractivity contribution < 1.29 is 18.7 Å². The third-order valence-corrected chi connectivity index (χ3v) is 3.07. The Hall–Kier alpha value is -2.41. The summed E-state index contributed by atoms with van der Waals surface area (Å²) in [5.74, 6) is 0.903. The van der Waals surface area contributed by atoms with E-state index in [0.29, 0.717) is 24.5 Å². The molecule has 0 saturated heterocycles. The quantitative estimate of drug-likeness (QED) is 0.761. The zero-order chi connectivity index (χ0) is 15.2. The zero-order valence-electron chi connectivity index (χ0n) is 12.1. The second kappa shape index (κ2) is 6.85. The number of aromatic nitrogens is 2. The Kier molecular flexibility index (Phi) is 4.89. The number of anilines is 1. The first kappa shape index (κ1) is 15.0. The largest absolute Gasteiger partial charge is 0.496 e. The van der Waals surface area contributed by atoms with Gasteiger partial charge in [-0.25, -0.2) is 0 Å². The highest BCUT2D eigenvalue weighted by Crippen LogP contribution is 2.18. The van der Waals surface area contributed by atoms with Crippen molar-refractivity contribution in [1.29, 1.82) is 0 Å². The Balaban J connectivity index is 2.13. The van der Waals surface area contributed by atoms with Gasteiger partial charge in [0.05, 0.1) is 13.7 Å². The van der Waals surface area contributed by atoms with E-state index in [0.717, 1.165) is 11.3 Å². The summed E-state index contributed by atoms with van der Waals surface area (Å²) in [6.07, 6.45) is 0.716. The highest BCUT2D eigenvalue weighted by molar-refractivity contribution is 5.87. The molecule has 0 spiro atoms. The van der Waals surface area contributed by atoms with Crippen LogP contribution in [0.15, 0.2) is 28.8 Å². The van der Waals surface area contributed by atoms with Crippen LogP contribution in [0.5, 0.6) is 5.75 Å². The van der Waals surface area contributed by atoms with Gasteiger partial charge in [0, 0.05) is 18.9 Å². The van der Waals surface area contributed by atoms with Gasteiger partial charge in [0.25, 0.3) is 5.69 Å². The van der Waals surface area contributed by atoms with Gasteiger partial charge in [0.2, 0.25) is 11.2 Å². The van der Waals surface area contributed by atoms with Crippen molar-refractivity contribution in [2.45, 2.75) is 26.4 Å². The number of carbonyl (C=O) groups is 1. The molecule has 0 aliphatic heterocycles. The molecule has 1 amide bonds. The molecule has 21 heavy (non-hydrogen) atoms. The fraction of sp³-hybridized carbons (Fsp3) is 0.357. The first-order chi connectivity index (χ1) is 10.2. The average Bonchev–Trinajstić information content (AvgIpc) is 2.86. The summed E-state index contributed by atoms with van der Waals surface area (Å²) in [6, 6.07) is 7.79. The summed E-state index contributed by atoms with van der Waals surface area (Å²) >= 11 is 0. The number of nitrogens with one attached hydrogen (secondary N) is 1. The number of carbonyl (C=O) groups excluding carboxylic acids is 1. The molecule has 0 atom stereocenters. The first-order valence-corrected chi connectivity index (χ1v) is 6.64. The highest BCUT2D eigenvalue weighted by Gasteiger charge is 2.24. The number of amides is 1. The van der Waals surface area contributed by atoms with E-state index in [1.54, 1.807) is 11.8 Å². The lowest BCUT2D eigenvalue weighted by atomic mass is 10.1. The van der Waals surface area contributed by atoms with Crippen LogP contribution >= 0.6 is 0 Å². The Morgan fingerprint density at radius 2 is 2.24 bits per heavy atom. The van der Waals surface area contributed by atoms with Crippen LogP contribution in [0.3, 0.4) is 0 Å². The van der Waals surface area contributed by atoms with Crippen molar-refractivity contribution >= 4 is 11.8 Å². The van der Waals surface area contributed by atoms with Crippen LogP contribution in [0, 0.1) is 0 Å². The molecule has 0 radical (unpaired) electrons. The highest BCUT2D eigenvalue weighted by atomic mass is 16.5. The normalized spacial score (nSPS) is 10.4. The first-order valence-electron chi connectivity index (χ1n) is 6.64. The van der Waals surface area contributed by atoms with E-state index < -0.39 is 0 Å². The summed E-state index contributed by atoms with van der Waals surface area (Å²) < 4.78 is 12.1. The molecule has 112 valence electrons. The number of methoxy groups -OCH3 is 1. The minimum atomic E-state index is -0.224. The van der Waals surface area contributed by atoms with E-state index >= 15 is 0 Å². The van der Waals surface area contributed by atoms with Gasteiger partial charge in [-0.1, -0.05) is 18.2 Å². The van der Waals surface area contributed by atoms with Gasteiger partial charge >= 0.3 is 5.88 Å². The number of nitrogens with two attached hydrogens (primary N) is 1. The standard InChI is InChI=1S/C14H18N4O3/c1-10(19)16-14-12(9-15)18(17-21-14)8-7-11-5-3-4-6-13(11)20-2/h3-6H,7-9,15H2,1-2H3/p+1. The maximum absolute atomic E-state index is 11.1. The topological polar surface area (TPSA) is 94.3 Å². The van der Waals surface area contributed by atoms with Crippen molar-refractivity contribution in [2.24, 2.45) is 5.73 Å². The molecule has 0 aliphatic carbocycles. The molecule has 1 heterocycles. The molecule has 0 saturated carbocycles. The second-order valence-corrected chi connectivity index (χ2v) is 4.52. The molecule has 2 aromatic rings. The van der Waals surface area contributed by atoms with Gasteiger partial charge < -0.3 is 10.5 Å². The van der Waals surface area contributed by atoms with Crippen molar-refractivity contribution in [3.63, 3.8) is 0 Å². The van der Waals surface area contributed by atoms with E-state index in [-0.39, 0.29) is 12.5 Å². The van der Waals surface area contributed by atoms with E-state index in [1.165, 1.54) is 6.92 Å². The number of hydrogen-bond donors (Lipinski definition) is 2. The van der Waals surface area contributed by atoms with Crippen LogP contribution in [0.1, 0.15) is 18.2 Å². The number of aryl methyl sites for hydroxylation is 2. The lowest BCUT2D eigenvalue weighted by Gasteiger charge is -2.05. The van der Waals surface area contributed by atoms with Gasteiger partial charge in [-0.05, 0) is 10.7 Å². The average molecular weight is 291 g/mol. The van der Waals surface area contributed by atoms with Crippen molar-refractivity contribution in [2.75, 3.05) is 12.4 Å². The monoisotopic (exact) mass is 291 g/mol. The van der Waals surface area contributed by atoms with Crippen LogP contribution in [0.2, 0.25) is 0 Å². The lowest BCUT2D eigenvalue weighted by molar-refractivity contribution is -0.767. The maximum Gasteiger partial charge on any atom is 0.306 e.